The molecule has 0 aliphatic rings. The van der Waals surface area contributed by atoms with Crippen LogP contribution in [0.1, 0.15) is 31.9 Å². The van der Waals surface area contributed by atoms with E-state index in [0.717, 1.165) is 5.56 Å². The first kappa shape index (κ1) is 13.9. The summed E-state index contributed by atoms with van der Waals surface area (Å²) >= 11 is 0. The van der Waals surface area contributed by atoms with Crippen molar-refractivity contribution in [3.05, 3.63) is 35.4 Å². The van der Waals surface area contributed by atoms with Crippen LogP contribution < -0.4 is 0 Å². The van der Waals surface area contributed by atoms with Gasteiger partial charge in [-0.2, -0.15) is 5.26 Å². The molecule has 0 atom stereocenters. The van der Waals surface area contributed by atoms with Crippen molar-refractivity contribution in [1.82, 2.24) is 0 Å². The number of nitrogens with zero attached hydrogens (tertiary/aromatic N) is 2. The van der Waals surface area contributed by atoms with E-state index in [1.807, 2.05) is 26.8 Å². The molecule has 1 aromatic rings. The maximum absolute atomic E-state index is 11.4. The Morgan fingerprint density at radius 1 is 1.39 bits per heavy atom. The average Bonchev–Trinajstić information content (AvgIpc) is 2.27. The first-order chi connectivity index (χ1) is 8.40. The van der Waals surface area contributed by atoms with Gasteiger partial charge in [-0.1, -0.05) is 12.1 Å². The summed E-state index contributed by atoms with van der Waals surface area (Å²) in [6.07, 6.45) is 1.59. The quantitative estimate of drug-likeness (QED) is 0.605. The van der Waals surface area contributed by atoms with Crippen molar-refractivity contribution in [2.45, 2.75) is 26.4 Å². The third-order valence-electron chi connectivity index (χ3n) is 1.92. The normalized spacial score (nSPS) is 11.2. The highest BCUT2D eigenvalue weighted by molar-refractivity contribution is 5.82. The Hall–Kier alpha value is -2.15. The molecule has 0 radical (unpaired) electrons. The van der Waals surface area contributed by atoms with E-state index < -0.39 is 5.60 Å². The summed E-state index contributed by atoms with van der Waals surface area (Å²) in [5.74, 6) is -0.354. The van der Waals surface area contributed by atoms with Gasteiger partial charge in [0.15, 0.2) is 0 Å². The second-order valence-electron chi connectivity index (χ2n) is 4.79. The number of carbonyl (C=O) groups is 1. The summed E-state index contributed by atoms with van der Waals surface area (Å²) < 4.78 is 5.12. The zero-order chi connectivity index (χ0) is 13.6. The van der Waals surface area contributed by atoms with Gasteiger partial charge in [0.1, 0.15) is 12.1 Å². The van der Waals surface area contributed by atoms with Crippen molar-refractivity contribution in [3.8, 4) is 6.07 Å². The molecule has 4 nitrogen and oxygen atoms in total. The molecule has 0 unspecified atom stereocenters. The minimum atomic E-state index is -0.485. The van der Waals surface area contributed by atoms with Crippen LogP contribution in [0, 0.1) is 11.3 Å². The van der Waals surface area contributed by atoms with E-state index in [-0.39, 0.29) is 12.5 Å². The zero-order valence-corrected chi connectivity index (χ0v) is 10.8. The minimum absolute atomic E-state index is 0.00271. The molecule has 0 bridgehead atoms. The van der Waals surface area contributed by atoms with Gasteiger partial charge in [0.25, 0.3) is 0 Å². The molecule has 0 heterocycles. The molecule has 0 spiro atoms. The first-order valence-corrected chi connectivity index (χ1v) is 5.62. The van der Waals surface area contributed by atoms with E-state index in [1.54, 1.807) is 30.5 Å². The summed E-state index contributed by atoms with van der Waals surface area (Å²) in [6.45, 7) is 5.44. The topological polar surface area (TPSA) is 62.4 Å². The molecular formula is C14H16N2O2. The van der Waals surface area contributed by atoms with Crippen LogP contribution in [0.4, 0.5) is 0 Å². The number of aliphatic imine (C=N–C) groups is 1. The van der Waals surface area contributed by atoms with Crippen molar-refractivity contribution < 1.29 is 9.53 Å². The molecule has 0 fully saturated rings. The van der Waals surface area contributed by atoms with Gasteiger partial charge in [-0.15, -0.1) is 0 Å². The van der Waals surface area contributed by atoms with Crippen molar-refractivity contribution in [2.75, 3.05) is 6.54 Å². The fourth-order valence-corrected chi connectivity index (χ4v) is 1.24. The lowest BCUT2D eigenvalue weighted by atomic mass is 10.2. The van der Waals surface area contributed by atoms with E-state index in [4.69, 9.17) is 10.00 Å². The maximum Gasteiger partial charge on any atom is 0.328 e. The van der Waals surface area contributed by atoms with Crippen LogP contribution in [0.5, 0.6) is 0 Å². The molecule has 0 saturated heterocycles. The van der Waals surface area contributed by atoms with Gasteiger partial charge in [-0.05, 0) is 38.5 Å². The SMILES string of the molecule is CC(C)(C)OC(=O)CN=Cc1ccc(C#N)cc1. The lowest BCUT2D eigenvalue weighted by Gasteiger charge is -2.18. The van der Waals surface area contributed by atoms with Crippen LogP contribution in [-0.4, -0.2) is 24.3 Å². The number of hydrogen-bond acceptors (Lipinski definition) is 4. The molecule has 1 aromatic carbocycles. The second-order valence-corrected chi connectivity index (χ2v) is 4.79. The molecule has 0 aliphatic carbocycles. The number of carbonyl (C=O) groups excluding carboxylic acids is 1. The molecule has 0 aliphatic heterocycles. The smallest absolute Gasteiger partial charge is 0.328 e. The standard InChI is InChI=1S/C14H16N2O2/c1-14(2,3)18-13(17)10-16-9-12-6-4-11(8-15)5-7-12/h4-7,9H,10H2,1-3H3. The van der Waals surface area contributed by atoms with Gasteiger partial charge in [0.05, 0.1) is 11.6 Å². The molecule has 0 aromatic heterocycles. The predicted octanol–water partition coefficient (Wildman–Crippen LogP) is 2.32. The molecule has 0 saturated carbocycles. The Labute approximate surface area is 107 Å². The van der Waals surface area contributed by atoms with Gasteiger partial charge in [-0.25, -0.2) is 0 Å². The number of nitriles is 1. The highest BCUT2D eigenvalue weighted by atomic mass is 16.6. The fraction of sp³-hybridized carbons (Fsp3) is 0.357. The summed E-state index contributed by atoms with van der Waals surface area (Å²) in [5.41, 5.74) is 0.956. The lowest BCUT2D eigenvalue weighted by molar-refractivity contribution is -0.152. The van der Waals surface area contributed by atoms with Crippen molar-refractivity contribution in [1.29, 1.82) is 5.26 Å². The van der Waals surface area contributed by atoms with E-state index in [2.05, 4.69) is 4.99 Å². The van der Waals surface area contributed by atoms with Gasteiger partial charge in [-0.3, -0.25) is 9.79 Å². The Bertz CT molecular complexity index is 476. The summed E-state index contributed by atoms with van der Waals surface area (Å²) in [5, 5.41) is 8.64. The molecule has 1 rings (SSSR count). The number of hydrogen-bond donors (Lipinski definition) is 0. The third-order valence-corrected chi connectivity index (χ3v) is 1.92. The van der Waals surface area contributed by atoms with Gasteiger partial charge in [0.2, 0.25) is 0 Å². The van der Waals surface area contributed by atoms with E-state index >= 15 is 0 Å². The average molecular weight is 244 g/mol. The monoisotopic (exact) mass is 244 g/mol. The van der Waals surface area contributed by atoms with Crippen LogP contribution in [-0.2, 0) is 9.53 Å². The Balaban J connectivity index is 2.50. The van der Waals surface area contributed by atoms with Gasteiger partial charge in [0, 0.05) is 6.21 Å². The molecular weight excluding hydrogens is 228 g/mol. The van der Waals surface area contributed by atoms with Crippen molar-refractivity contribution in [3.63, 3.8) is 0 Å². The molecule has 18 heavy (non-hydrogen) atoms. The van der Waals surface area contributed by atoms with Crippen LogP contribution in [0.25, 0.3) is 0 Å². The first-order valence-electron chi connectivity index (χ1n) is 5.62. The Morgan fingerprint density at radius 2 is 2.00 bits per heavy atom. The number of rotatable bonds is 3. The van der Waals surface area contributed by atoms with E-state index in [0.29, 0.717) is 5.56 Å². The van der Waals surface area contributed by atoms with E-state index in [1.165, 1.54) is 0 Å². The zero-order valence-electron chi connectivity index (χ0n) is 10.8. The van der Waals surface area contributed by atoms with Crippen LogP contribution in [0.3, 0.4) is 0 Å². The Morgan fingerprint density at radius 3 is 2.50 bits per heavy atom. The molecule has 94 valence electrons. The molecule has 4 heteroatoms. The second kappa shape index (κ2) is 5.97. The number of ether oxygens (including phenoxy) is 1. The van der Waals surface area contributed by atoms with Crippen molar-refractivity contribution >= 4 is 12.2 Å². The summed E-state index contributed by atoms with van der Waals surface area (Å²) in [4.78, 5) is 15.4. The van der Waals surface area contributed by atoms with Crippen molar-refractivity contribution in [2.24, 2.45) is 4.99 Å². The fourth-order valence-electron chi connectivity index (χ4n) is 1.24. The van der Waals surface area contributed by atoms with Gasteiger partial charge >= 0.3 is 5.97 Å². The highest BCUT2D eigenvalue weighted by Gasteiger charge is 2.15. The number of benzene rings is 1. The minimum Gasteiger partial charge on any atom is -0.459 e. The largest absolute Gasteiger partial charge is 0.459 e. The summed E-state index contributed by atoms with van der Waals surface area (Å²) in [6, 6.07) is 8.99. The molecule has 0 amide bonds. The summed E-state index contributed by atoms with van der Waals surface area (Å²) in [7, 11) is 0. The predicted molar refractivity (Wildman–Crippen MR) is 69.5 cm³/mol. The van der Waals surface area contributed by atoms with Crippen LogP contribution in [0.15, 0.2) is 29.3 Å². The van der Waals surface area contributed by atoms with Crippen LogP contribution >= 0.6 is 0 Å². The lowest BCUT2D eigenvalue weighted by Crippen LogP contribution is -2.25. The Kier molecular flexibility index (Phi) is 4.61. The molecule has 0 N–H and O–H groups in total. The highest BCUT2D eigenvalue weighted by Crippen LogP contribution is 2.06. The maximum atomic E-state index is 11.4. The number of esters is 1. The van der Waals surface area contributed by atoms with Crippen LogP contribution in [0.2, 0.25) is 0 Å². The van der Waals surface area contributed by atoms with Gasteiger partial charge < -0.3 is 4.74 Å². The van der Waals surface area contributed by atoms with E-state index in [9.17, 15) is 4.79 Å². The third kappa shape index (κ3) is 5.26.